The van der Waals surface area contributed by atoms with Crippen LogP contribution in [0, 0.1) is 5.92 Å². The van der Waals surface area contributed by atoms with Gasteiger partial charge in [-0.1, -0.05) is 23.7 Å². The molecule has 2 atom stereocenters. The Morgan fingerprint density at radius 3 is 2.69 bits per heavy atom. The van der Waals surface area contributed by atoms with Crippen LogP contribution >= 0.6 is 27.5 Å². The van der Waals surface area contributed by atoms with Crippen molar-refractivity contribution < 1.29 is 14.3 Å². The van der Waals surface area contributed by atoms with Crippen LogP contribution in [0.4, 0.5) is 0 Å². The first-order chi connectivity index (χ1) is 17.0. The van der Waals surface area contributed by atoms with E-state index in [2.05, 4.69) is 50.4 Å². The van der Waals surface area contributed by atoms with Crippen molar-refractivity contribution >= 4 is 39.5 Å². The molecule has 0 bridgehead atoms. The van der Waals surface area contributed by atoms with Gasteiger partial charge >= 0.3 is 0 Å². The van der Waals surface area contributed by atoms with Crippen LogP contribution in [-0.2, 0) is 4.79 Å². The first kappa shape index (κ1) is 24.7. The molecule has 0 unspecified atom stereocenters. The van der Waals surface area contributed by atoms with Crippen LogP contribution in [0.5, 0.6) is 11.5 Å². The summed E-state index contributed by atoms with van der Waals surface area (Å²) < 4.78 is 11.9. The molecule has 2 fully saturated rings. The number of hydrogen-bond donors (Lipinski definition) is 1. The number of methoxy groups -OCH3 is 1. The summed E-state index contributed by atoms with van der Waals surface area (Å²) in [4.78, 5) is 15.5. The Morgan fingerprint density at radius 2 is 1.94 bits per heavy atom. The normalized spacial score (nSPS) is 22.8. The number of carbonyl (C=O) groups is 1. The van der Waals surface area contributed by atoms with Gasteiger partial charge in [0.25, 0.3) is 5.91 Å². The molecule has 2 aromatic carbocycles. The van der Waals surface area contributed by atoms with E-state index in [1.807, 2.05) is 12.1 Å². The second-order valence-corrected chi connectivity index (χ2v) is 11.3. The molecular weight excluding hydrogens is 528 g/mol. The molecule has 186 valence electrons. The molecule has 5 nitrogen and oxygen atoms in total. The van der Waals surface area contributed by atoms with E-state index in [1.165, 1.54) is 24.8 Å². The van der Waals surface area contributed by atoms with Crippen molar-refractivity contribution in [3.8, 4) is 11.5 Å². The van der Waals surface area contributed by atoms with Crippen molar-refractivity contribution in [1.82, 2.24) is 10.2 Å². The van der Waals surface area contributed by atoms with Crippen LogP contribution in [0.1, 0.15) is 49.1 Å². The molecule has 0 spiro atoms. The molecule has 2 aliphatic heterocycles. The summed E-state index contributed by atoms with van der Waals surface area (Å²) in [6.07, 6.45) is 7.56. The van der Waals surface area contributed by atoms with Crippen molar-refractivity contribution in [3.05, 3.63) is 62.6 Å². The summed E-state index contributed by atoms with van der Waals surface area (Å²) in [6, 6.07) is 12.4. The van der Waals surface area contributed by atoms with Crippen LogP contribution in [0.3, 0.4) is 0 Å². The summed E-state index contributed by atoms with van der Waals surface area (Å²) in [5.41, 5.74) is 2.91. The predicted octanol–water partition coefficient (Wildman–Crippen LogP) is 6.05. The van der Waals surface area contributed by atoms with Gasteiger partial charge in [0.2, 0.25) is 0 Å². The highest BCUT2D eigenvalue weighted by atomic mass is 79.9. The highest BCUT2D eigenvalue weighted by molar-refractivity contribution is 9.10. The van der Waals surface area contributed by atoms with Crippen LogP contribution in [0.25, 0.3) is 6.08 Å². The van der Waals surface area contributed by atoms with Crippen LogP contribution < -0.4 is 14.8 Å². The van der Waals surface area contributed by atoms with E-state index in [4.69, 9.17) is 21.1 Å². The zero-order valence-electron chi connectivity index (χ0n) is 20.1. The summed E-state index contributed by atoms with van der Waals surface area (Å²) in [5, 5.41) is 3.87. The van der Waals surface area contributed by atoms with Gasteiger partial charge in [-0.05, 0) is 109 Å². The van der Waals surface area contributed by atoms with E-state index in [0.29, 0.717) is 22.4 Å². The first-order valence-electron chi connectivity index (χ1n) is 12.5. The third-order valence-corrected chi connectivity index (χ3v) is 8.41. The van der Waals surface area contributed by atoms with E-state index in [1.54, 1.807) is 13.2 Å². The van der Waals surface area contributed by atoms with Gasteiger partial charge < -0.3 is 19.7 Å². The van der Waals surface area contributed by atoms with Gasteiger partial charge in [-0.25, -0.2) is 0 Å². The van der Waals surface area contributed by atoms with Crippen molar-refractivity contribution in [2.45, 2.75) is 44.1 Å². The Kier molecular flexibility index (Phi) is 7.71. The Hall–Kier alpha value is -2.02. The minimum Gasteiger partial charge on any atom is -0.497 e. The van der Waals surface area contributed by atoms with Crippen LogP contribution in [0.15, 0.2) is 46.4 Å². The Balaban J connectivity index is 1.09. The van der Waals surface area contributed by atoms with Crippen LogP contribution in [0.2, 0.25) is 5.02 Å². The number of likely N-dealkylation sites (tertiary alicyclic amines) is 1. The molecule has 1 saturated heterocycles. The molecule has 5 rings (SSSR count). The van der Waals surface area contributed by atoms with Gasteiger partial charge in [-0.2, -0.15) is 0 Å². The third kappa shape index (κ3) is 5.87. The minimum atomic E-state index is -0.0299. The lowest BCUT2D eigenvalue weighted by Crippen LogP contribution is -2.38. The zero-order valence-corrected chi connectivity index (χ0v) is 22.4. The fourth-order valence-electron chi connectivity index (χ4n) is 5.69. The maximum atomic E-state index is 12.9. The number of rotatable bonds is 6. The Bertz CT molecular complexity index is 1100. The van der Waals surface area contributed by atoms with E-state index >= 15 is 0 Å². The first-order valence-corrected chi connectivity index (χ1v) is 13.6. The van der Waals surface area contributed by atoms with Gasteiger partial charge in [0.15, 0.2) is 0 Å². The molecule has 0 radical (unpaired) electrons. The van der Waals surface area contributed by atoms with Crippen molar-refractivity contribution in [2.24, 2.45) is 5.92 Å². The van der Waals surface area contributed by atoms with Gasteiger partial charge in [-0.3, -0.25) is 4.79 Å². The lowest BCUT2D eigenvalue weighted by atomic mass is 9.89. The number of piperidine rings is 1. The number of halogens is 2. The fraction of sp³-hybridized carbons (Fsp3) is 0.464. The highest BCUT2D eigenvalue weighted by Gasteiger charge is 2.30. The van der Waals surface area contributed by atoms with Gasteiger partial charge in [-0.15, -0.1) is 0 Å². The standard InChI is InChI=1S/C28H32BrClN2O3/c1-34-25-6-3-19(4-7-25)20-8-10-32(11-9-20)16-18-2-5-24(12-18)31-28(33)22-13-21-14-23(30)15-26(29)27(21)35-17-22/h3-4,6-7,13-15,18,20,24H,2,5,8-12,16-17H2,1H3,(H,31,33)/t18-,24+/m0/s1. The van der Waals surface area contributed by atoms with Gasteiger partial charge in [0.05, 0.1) is 17.2 Å². The quantitative estimate of drug-likeness (QED) is 0.468. The molecule has 2 heterocycles. The van der Waals surface area contributed by atoms with Crippen molar-refractivity contribution in [1.29, 1.82) is 0 Å². The number of amides is 1. The minimum absolute atomic E-state index is 0.0299. The van der Waals surface area contributed by atoms with E-state index in [0.717, 1.165) is 54.0 Å². The summed E-state index contributed by atoms with van der Waals surface area (Å²) in [7, 11) is 1.71. The molecule has 2 aromatic rings. The summed E-state index contributed by atoms with van der Waals surface area (Å²) in [5.74, 6) is 2.91. The fourth-order valence-corrected chi connectivity index (χ4v) is 6.64. The molecule has 0 aromatic heterocycles. The molecule has 1 saturated carbocycles. The van der Waals surface area contributed by atoms with E-state index in [9.17, 15) is 4.79 Å². The van der Waals surface area contributed by atoms with E-state index in [-0.39, 0.29) is 18.6 Å². The monoisotopic (exact) mass is 558 g/mol. The zero-order chi connectivity index (χ0) is 24.4. The molecule has 3 aliphatic rings. The number of hydrogen-bond acceptors (Lipinski definition) is 4. The maximum Gasteiger partial charge on any atom is 0.250 e. The largest absolute Gasteiger partial charge is 0.497 e. The van der Waals surface area contributed by atoms with Gasteiger partial charge in [0.1, 0.15) is 18.1 Å². The predicted molar refractivity (Wildman–Crippen MR) is 143 cm³/mol. The van der Waals surface area contributed by atoms with Crippen LogP contribution in [-0.4, -0.2) is 50.2 Å². The van der Waals surface area contributed by atoms with Crippen molar-refractivity contribution in [2.75, 3.05) is 33.4 Å². The molecular formula is C28H32BrClN2O3. The topological polar surface area (TPSA) is 50.8 Å². The average molecular weight is 560 g/mol. The van der Waals surface area contributed by atoms with E-state index < -0.39 is 0 Å². The number of nitrogens with one attached hydrogen (secondary N) is 1. The second-order valence-electron chi connectivity index (χ2n) is 9.96. The van der Waals surface area contributed by atoms with Gasteiger partial charge in [0, 0.05) is 23.2 Å². The number of nitrogens with zero attached hydrogens (tertiary/aromatic N) is 1. The lowest BCUT2D eigenvalue weighted by Gasteiger charge is -2.33. The molecule has 1 aliphatic carbocycles. The van der Waals surface area contributed by atoms with Crippen molar-refractivity contribution in [3.63, 3.8) is 0 Å². The summed E-state index contributed by atoms with van der Waals surface area (Å²) >= 11 is 9.65. The maximum absolute atomic E-state index is 12.9. The number of fused-ring (bicyclic) bond motifs is 1. The molecule has 1 amide bonds. The molecule has 35 heavy (non-hydrogen) atoms. The smallest absolute Gasteiger partial charge is 0.250 e. The average Bonchev–Trinajstić information content (AvgIpc) is 3.30. The third-order valence-electron chi connectivity index (χ3n) is 7.60. The number of ether oxygens (including phenoxy) is 2. The molecule has 1 N–H and O–H groups in total. The molecule has 7 heteroatoms. The number of benzene rings is 2. The second kappa shape index (κ2) is 10.9. The highest BCUT2D eigenvalue weighted by Crippen LogP contribution is 2.37. The Morgan fingerprint density at radius 1 is 1.17 bits per heavy atom. The lowest BCUT2D eigenvalue weighted by molar-refractivity contribution is -0.118. The SMILES string of the molecule is COc1ccc(C2CCN(C[C@H]3CC[C@@H](NC(=O)C4=Cc5cc(Cl)cc(Br)c5OC4)C3)CC2)cc1. The Labute approximate surface area is 220 Å². The number of carbonyl (C=O) groups excluding carboxylic acids is 1. The summed E-state index contributed by atoms with van der Waals surface area (Å²) in [6.45, 7) is 3.70.